The van der Waals surface area contributed by atoms with Gasteiger partial charge in [-0.2, -0.15) is 0 Å². The summed E-state index contributed by atoms with van der Waals surface area (Å²) in [4.78, 5) is 0. The predicted octanol–water partition coefficient (Wildman–Crippen LogP) is 4.96. The maximum atomic E-state index is 6.22. The molecule has 0 saturated carbocycles. The van der Waals surface area contributed by atoms with Gasteiger partial charge in [0.2, 0.25) is 0 Å². The van der Waals surface area contributed by atoms with E-state index in [4.69, 9.17) is 16.3 Å². The minimum Gasteiger partial charge on any atom is -0.493 e. The van der Waals surface area contributed by atoms with Gasteiger partial charge in [-0.15, -0.1) is 11.6 Å². The Kier molecular flexibility index (Phi) is 4.50. The van der Waals surface area contributed by atoms with Gasteiger partial charge in [0.15, 0.2) is 0 Å². The molecule has 1 heterocycles. The Bertz CT molecular complexity index is 608. The smallest absolute Gasteiger partial charge is 0.122 e. The first-order chi connectivity index (χ1) is 10.3. The van der Waals surface area contributed by atoms with Crippen LogP contribution in [0.25, 0.3) is 0 Å². The third-order valence-corrected chi connectivity index (χ3v) is 4.68. The molecule has 0 aliphatic carbocycles. The molecule has 2 heteroatoms. The number of benzene rings is 2. The van der Waals surface area contributed by atoms with Gasteiger partial charge in [0.05, 0.1) is 6.61 Å². The molecule has 21 heavy (non-hydrogen) atoms. The standard InChI is InChI=1S/C19H21ClO/c1-14-5-4-6-15(9-14)10-16(12-20)11-17-13-21-19-8-3-2-7-18(17)19/h2-9,16-17H,10-13H2,1H3. The molecule has 1 nitrogen and oxygen atoms in total. The fourth-order valence-corrected chi connectivity index (χ4v) is 3.44. The Morgan fingerprint density at radius 2 is 2.05 bits per heavy atom. The van der Waals surface area contributed by atoms with Gasteiger partial charge in [-0.3, -0.25) is 0 Å². The van der Waals surface area contributed by atoms with Gasteiger partial charge in [-0.25, -0.2) is 0 Å². The summed E-state index contributed by atoms with van der Waals surface area (Å²) in [5.74, 6) is 2.72. The fraction of sp³-hybridized carbons (Fsp3) is 0.368. The monoisotopic (exact) mass is 300 g/mol. The van der Waals surface area contributed by atoms with Crippen LogP contribution < -0.4 is 4.74 Å². The minimum absolute atomic E-state index is 0.481. The summed E-state index contributed by atoms with van der Waals surface area (Å²) in [6.07, 6.45) is 2.14. The lowest BCUT2D eigenvalue weighted by atomic mass is 9.87. The highest BCUT2D eigenvalue weighted by Crippen LogP contribution is 2.38. The Morgan fingerprint density at radius 1 is 1.19 bits per heavy atom. The summed E-state index contributed by atoms with van der Waals surface area (Å²) in [6, 6.07) is 17.1. The molecule has 0 N–H and O–H groups in total. The van der Waals surface area contributed by atoms with Crippen LogP contribution in [0.5, 0.6) is 5.75 Å². The summed E-state index contributed by atoms with van der Waals surface area (Å²) in [5.41, 5.74) is 4.04. The predicted molar refractivity (Wildman–Crippen MR) is 88.4 cm³/mol. The molecular formula is C19H21ClO. The first kappa shape index (κ1) is 14.5. The van der Waals surface area contributed by atoms with Crippen molar-refractivity contribution in [2.24, 2.45) is 5.92 Å². The largest absolute Gasteiger partial charge is 0.493 e. The van der Waals surface area contributed by atoms with Crippen LogP contribution in [0, 0.1) is 12.8 Å². The summed E-state index contributed by atoms with van der Waals surface area (Å²) >= 11 is 6.22. The highest BCUT2D eigenvalue weighted by atomic mass is 35.5. The van der Waals surface area contributed by atoms with Crippen LogP contribution in [-0.4, -0.2) is 12.5 Å². The van der Waals surface area contributed by atoms with E-state index >= 15 is 0 Å². The van der Waals surface area contributed by atoms with Crippen LogP contribution in [-0.2, 0) is 6.42 Å². The lowest BCUT2D eigenvalue weighted by Gasteiger charge is -2.18. The SMILES string of the molecule is Cc1cccc(CC(CCl)CC2COc3ccccc32)c1. The minimum atomic E-state index is 0.481. The van der Waals surface area contributed by atoms with Gasteiger partial charge in [-0.1, -0.05) is 48.0 Å². The van der Waals surface area contributed by atoms with E-state index in [0.29, 0.717) is 17.7 Å². The second-order valence-corrected chi connectivity index (χ2v) is 6.30. The van der Waals surface area contributed by atoms with Gasteiger partial charge in [0, 0.05) is 17.4 Å². The van der Waals surface area contributed by atoms with Crippen molar-refractivity contribution in [1.82, 2.24) is 0 Å². The van der Waals surface area contributed by atoms with Crippen LogP contribution in [0.1, 0.15) is 29.0 Å². The van der Waals surface area contributed by atoms with Crippen LogP contribution in [0.15, 0.2) is 48.5 Å². The van der Waals surface area contributed by atoms with E-state index in [0.717, 1.165) is 25.2 Å². The molecule has 1 aliphatic heterocycles. The number of rotatable bonds is 5. The van der Waals surface area contributed by atoms with E-state index in [1.54, 1.807) is 0 Å². The maximum absolute atomic E-state index is 6.22. The first-order valence-electron chi connectivity index (χ1n) is 7.59. The second-order valence-electron chi connectivity index (χ2n) is 5.99. The molecule has 0 radical (unpaired) electrons. The van der Waals surface area contributed by atoms with Gasteiger partial charge in [0.1, 0.15) is 5.75 Å². The molecule has 0 saturated heterocycles. The van der Waals surface area contributed by atoms with Crippen molar-refractivity contribution in [2.75, 3.05) is 12.5 Å². The Morgan fingerprint density at radius 3 is 2.86 bits per heavy atom. The number of aryl methyl sites for hydroxylation is 1. The van der Waals surface area contributed by atoms with Crippen LogP contribution in [0.2, 0.25) is 0 Å². The van der Waals surface area contributed by atoms with E-state index in [1.807, 2.05) is 6.07 Å². The van der Waals surface area contributed by atoms with Crippen molar-refractivity contribution in [2.45, 2.75) is 25.7 Å². The van der Waals surface area contributed by atoms with E-state index < -0.39 is 0 Å². The molecule has 2 atom stereocenters. The molecule has 0 amide bonds. The quantitative estimate of drug-likeness (QED) is 0.709. The van der Waals surface area contributed by atoms with Crippen molar-refractivity contribution >= 4 is 11.6 Å². The molecule has 0 spiro atoms. The van der Waals surface area contributed by atoms with Gasteiger partial charge in [-0.05, 0) is 37.3 Å². The van der Waals surface area contributed by atoms with Gasteiger partial charge < -0.3 is 4.74 Å². The second kappa shape index (κ2) is 6.53. The Hall–Kier alpha value is -1.47. The number of alkyl halides is 1. The normalized spacial score (nSPS) is 18.1. The zero-order valence-electron chi connectivity index (χ0n) is 12.4. The summed E-state index contributed by atoms with van der Waals surface area (Å²) in [6.45, 7) is 2.93. The van der Waals surface area contributed by atoms with Crippen LogP contribution in [0.3, 0.4) is 0 Å². The van der Waals surface area contributed by atoms with Crippen molar-refractivity contribution < 1.29 is 4.74 Å². The van der Waals surface area contributed by atoms with Crippen molar-refractivity contribution in [3.63, 3.8) is 0 Å². The molecular weight excluding hydrogens is 280 g/mol. The molecule has 2 aromatic carbocycles. The lowest BCUT2D eigenvalue weighted by Crippen LogP contribution is -2.13. The lowest BCUT2D eigenvalue weighted by molar-refractivity contribution is 0.310. The summed E-state index contributed by atoms with van der Waals surface area (Å²) in [7, 11) is 0. The molecule has 0 aromatic heterocycles. The molecule has 0 bridgehead atoms. The third kappa shape index (κ3) is 3.41. The molecule has 1 aliphatic rings. The summed E-state index contributed by atoms with van der Waals surface area (Å²) < 4.78 is 5.78. The van der Waals surface area contributed by atoms with E-state index in [-0.39, 0.29) is 0 Å². The number of ether oxygens (including phenoxy) is 1. The molecule has 2 unspecified atom stereocenters. The van der Waals surface area contributed by atoms with Crippen molar-refractivity contribution in [3.05, 3.63) is 65.2 Å². The number of hydrogen-bond donors (Lipinski definition) is 0. The Balaban J connectivity index is 1.68. The number of halogens is 1. The Labute approximate surface area is 131 Å². The zero-order valence-corrected chi connectivity index (χ0v) is 13.1. The van der Waals surface area contributed by atoms with Crippen molar-refractivity contribution in [1.29, 1.82) is 0 Å². The van der Waals surface area contributed by atoms with E-state index in [2.05, 4.69) is 49.4 Å². The fourth-order valence-electron chi connectivity index (χ4n) is 3.20. The molecule has 2 aromatic rings. The number of para-hydroxylation sites is 1. The van der Waals surface area contributed by atoms with Crippen LogP contribution >= 0.6 is 11.6 Å². The van der Waals surface area contributed by atoms with Crippen LogP contribution in [0.4, 0.5) is 0 Å². The third-order valence-electron chi connectivity index (χ3n) is 4.24. The summed E-state index contributed by atoms with van der Waals surface area (Å²) in [5, 5.41) is 0. The highest BCUT2D eigenvalue weighted by Gasteiger charge is 2.26. The zero-order chi connectivity index (χ0) is 14.7. The van der Waals surface area contributed by atoms with E-state index in [9.17, 15) is 0 Å². The number of hydrogen-bond acceptors (Lipinski definition) is 1. The van der Waals surface area contributed by atoms with Gasteiger partial charge >= 0.3 is 0 Å². The average Bonchev–Trinajstić information content (AvgIpc) is 2.90. The van der Waals surface area contributed by atoms with E-state index in [1.165, 1.54) is 16.7 Å². The molecule has 0 fully saturated rings. The number of fused-ring (bicyclic) bond motifs is 1. The van der Waals surface area contributed by atoms with Gasteiger partial charge in [0.25, 0.3) is 0 Å². The van der Waals surface area contributed by atoms with Crippen molar-refractivity contribution in [3.8, 4) is 5.75 Å². The maximum Gasteiger partial charge on any atom is 0.122 e. The first-order valence-corrected chi connectivity index (χ1v) is 8.13. The molecule has 3 rings (SSSR count). The highest BCUT2D eigenvalue weighted by molar-refractivity contribution is 6.18. The topological polar surface area (TPSA) is 9.23 Å². The average molecular weight is 301 g/mol. The molecule has 110 valence electrons.